The van der Waals surface area contributed by atoms with Gasteiger partial charge in [-0.05, 0) is 36.6 Å². The van der Waals surface area contributed by atoms with Crippen LogP contribution in [0.25, 0.3) is 12.2 Å². The van der Waals surface area contributed by atoms with E-state index in [0.717, 1.165) is 16.7 Å². The maximum absolute atomic E-state index is 10.9. The van der Waals surface area contributed by atoms with Crippen molar-refractivity contribution in [1.29, 1.82) is 0 Å². The topological polar surface area (TPSA) is 29.4 Å². The van der Waals surface area contributed by atoms with Crippen LogP contribution in [0.4, 0.5) is 0 Å². The molecule has 1 aromatic rings. The quantitative estimate of drug-likeness (QED) is 0.635. The molecule has 0 aromatic heterocycles. The van der Waals surface area contributed by atoms with Crippen LogP contribution in [0.5, 0.6) is 0 Å². The van der Waals surface area contributed by atoms with E-state index in [4.69, 9.17) is 0 Å². The summed E-state index contributed by atoms with van der Waals surface area (Å²) in [7, 11) is 0. The van der Waals surface area contributed by atoms with E-state index in [1.807, 2.05) is 56.3 Å². The van der Waals surface area contributed by atoms with Crippen LogP contribution in [0.1, 0.15) is 25.0 Å². The molecule has 2 heteroatoms. The van der Waals surface area contributed by atoms with Gasteiger partial charge in [0.2, 0.25) is 0 Å². The Hall–Kier alpha value is -1.70. The van der Waals surface area contributed by atoms with Gasteiger partial charge in [-0.25, -0.2) is 0 Å². The van der Waals surface area contributed by atoms with E-state index in [9.17, 15) is 4.91 Å². The fourth-order valence-electron chi connectivity index (χ4n) is 1.66. The largest absolute Gasteiger partial charge is 0.150 e. The molecule has 15 heavy (non-hydrogen) atoms. The first kappa shape index (κ1) is 9.84. The van der Waals surface area contributed by atoms with Crippen molar-refractivity contribution in [3.63, 3.8) is 0 Å². The van der Waals surface area contributed by atoms with Crippen LogP contribution in [0, 0.1) is 4.91 Å². The molecular weight excluding hydrogens is 186 g/mol. The van der Waals surface area contributed by atoms with Crippen molar-refractivity contribution in [3.8, 4) is 0 Å². The standard InChI is InChI=1S/C13H13NO/c1-10-9-12-6-4-3-5-11(12)7-8-13(10,2)14-15/h3-9H,1-2H3. The molecule has 0 saturated carbocycles. The van der Waals surface area contributed by atoms with Crippen molar-refractivity contribution in [2.75, 3.05) is 0 Å². The van der Waals surface area contributed by atoms with Gasteiger partial charge in [-0.2, -0.15) is 0 Å². The maximum atomic E-state index is 10.9. The zero-order chi connectivity index (χ0) is 10.9. The van der Waals surface area contributed by atoms with Crippen molar-refractivity contribution in [2.45, 2.75) is 19.4 Å². The molecule has 1 aliphatic carbocycles. The number of nitrogens with zero attached hydrogens (tertiary/aromatic N) is 1. The molecule has 0 spiro atoms. The van der Waals surface area contributed by atoms with E-state index < -0.39 is 5.54 Å². The lowest BCUT2D eigenvalue weighted by molar-refractivity contribution is 0.691. The van der Waals surface area contributed by atoms with E-state index in [1.165, 1.54) is 0 Å². The predicted octanol–water partition coefficient (Wildman–Crippen LogP) is 3.64. The number of fused-ring (bicyclic) bond motifs is 1. The molecule has 0 heterocycles. The minimum absolute atomic E-state index is 0.709. The predicted molar refractivity (Wildman–Crippen MR) is 63.3 cm³/mol. The Bertz CT molecular complexity index is 459. The van der Waals surface area contributed by atoms with Crippen LogP contribution in [-0.4, -0.2) is 5.54 Å². The highest BCUT2D eigenvalue weighted by atomic mass is 16.3. The molecule has 0 bridgehead atoms. The first-order valence-electron chi connectivity index (χ1n) is 4.97. The third-order valence-corrected chi connectivity index (χ3v) is 2.94. The van der Waals surface area contributed by atoms with E-state index in [1.54, 1.807) is 0 Å². The zero-order valence-corrected chi connectivity index (χ0v) is 8.90. The van der Waals surface area contributed by atoms with Crippen molar-refractivity contribution < 1.29 is 0 Å². The lowest BCUT2D eigenvalue weighted by Crippen LogP contribution is -2.18. The minimum atomic E-state index is -0.709. The van der Waals surface area contributed by atoms with Crippen LogP contribution in [-0.2, 0) is 0 Å². The Kier molecular flexibility index (Phi) is 2.27. The first-order chi connectivity index (χ1) is 7.15. The summed E-state index contributed by atoms with van der Waals surface area (Å²) in [6.07, 6.45) is 5.85. The van der Waals surface area contributed by atoms with Gasteiger partial charge in [0.25, 0.3) is 0 Å². The molecule has 1 atom stereocenters. The molecule has 1 aliphatic rings. The lowest BCUT2D eigenvalue weighted by atomic mass is 9.94. The third kappa shape index (κ3) is 1.63. The van der Waals surface area contributed by atoms with Crippen LogP contribution in [0.3, 0.4) is 0 Å². The first-order valence-corrected chi connectivity index (χ1v) is 4.97. The van der Waals surface area contributed by atoms with Crippen LogP contribution < -0.4 is 0 Å². The smallest absolute Gasteiger partial charge is 0.139 e. The Balaban J connectivity index is 2.61. The molecule has 2 rings (SSSR count). The highest BCUT2D eigenvalue weighted by molar-refractivity contribution is 5.71. The van der Waals surface area contributed by atoms with Crippen molar-refractivity contribution in [1.82, 2.24) is 0 Å². The highest BCUT2D eigenvalue weighted by Gasteiger charge is 2.25. The average Bonchev–Trinajstić information content (AvgIpc) is 2.38. The number of hydrogen-bond acceptors (Lipinski definition) is 2. The molecule has 1 unspecified atom stereocenters. The molecule has 0 radical (unpaired) electrons. The van der Waals surface area contributed by atoms with Gasteiger partial charge in [-0.3, -0.25) is 0 Å². The molecule has 0 aliphatic heterocycles. The molecule has 0 fully saturated rings. The van der Waals surface area contributed by atoms with Gasteiger partial charge in [0.15, 0.2) is 0 Å². The van der Waals surface area contributed by atoms with Gasteiger partial charge in [-0.1, -0.05) is 41.6 Å². The summed E-state index contributed by atoms with van der Waals surface area (Å²) < 4.78 is 0. The minimum Gasteiger partial charge on any atom is -0.150 e. The number of rotatable bonds is 1. The lowest BCUT2D eigenvalue weighted by Gasteiger charge is -2.16. The second-order valence-electron chi connectivity index (χ2n) is 4.03. The summed E-state index contributed by atoms with van der Waals surface area (Å²) in [6.45, 7) is 3.77. The summed E-state index contributed by atoms with van der Waals surface area (Å²) in [4.78, 5) is 10.9. The molecule has 1 aromatic carbocycles. The van der Waals surface area contributed by atoms with E-state index in [-0.39, 0.29) is 0 Å². The molecular formula is C13H13NO. The monoisotopic (exact) mass is 199 g/mol. The summed E-state index contributed by atoms with van der Waals surface area (Å²) in [5, 5.41) is 3.20. The van der Waals surface area contributed by atoms with Gasteiger partial charge < -0.3 is 0 Å². The van der Waals surface area contributed by atoms with Crippen LogP contribution in [0.15, 0.2) is 41.1 Å². The fourth-order valence-corrected chi connectivity index (χ4v) is 1.66. The Morgan fingerprint density at radius 2 is 1.87 bits per heavy atom. The van der Waals surface area contributed by atoms with Crippen LogP contribution >= 0.6 is 0 Å². The van der Waals surface area contributed by atoms with Gasteiger partial charge in [0, 0.05) is 0 Å². The van der Waals surface area contributed by atoms with E-state index in [0.29, 0.717) is 0 Å². The normalized spacial score (nSPS) is 24.0. The number of hydrogen-bond donors (Lipinski definition) is 0. The maximum Gasteiger partial charge on any atom is 0.139 e. The molecule has 0 saturated heterocycles. The molecule has 0 N–H and O–H groups in total. The number of nitroso groups, excluding NO2 is 1. The summed E-state index contributed by atoms with van der Waals surface area (Å²) >= 11 is 0. The Morgan fingerprint density at radius 1 is 1.20 bits per heavy atom. The molecule has 2 nitrogen and oxygen atoms in total. The highest BCUT2D eigenvalue weighted by Crippen LogP contribution is 2.30. The SMILES string of the molecule is CC1=Cc2ccccc2C=CC1(C)N=O. The van der Waals surface area contributed by atoms with Crippen molar-refractivity contribution in [2.24, 2.45) is 5.18 Å². The summed E-state index contributed by atoms with van der Waals surface area (Å²) in [5.41, 5.74) is 2.53. The van der Waals surface area contributed by atoms with Gasteiger partial charge >= 0.3 is 0 Å². The summed E-state index contributed by atoms with van der Waals surface area (Å²) in [5.74, 6) is 0. The zero-order valence-electron chi connectivity index (χ0n) is 8.90. The van der Waals surface area contributed by atoms with Gasteiger partial charge in [0.1, 0.15) is 5.54 Å². The van der Waals surface area contributed by atoms with Gasteiger partial charge in [0.05, 0.1) is 0 Å². The van der Waals surface area contributed by atoms with E-state index in [2.05, 4.69) is 5.18 Å². The van der Waals surface area contributed by atoms with E-state index >= 15 is 0 Å². The summed E-state index contributed by atoms with van der Waals surface area (Å²) in [6, 6.07) is 8.06. The molecule has 76 valence electrons. The van der Waals surface area contributed by atoms with Gasteiger partial charge in [-0.15, -0.1) is 4.91 Å². The van der Waals surface area contributed by atoms with Crippen LogP contribution in [0.2, 0.25) is 0 Å². The number of benzene rings is 1. The molecule has 0 amide bonds. The average molecular weight is 199 g/mol. The van der Waals surface area contributed by atoms with Crippen molar-refractivity contribution >= 4 is 12.2 Å². The van der Waals surface area contributed by atoms with Crippen molar-refractivity contribution in [3.05, 3.63) is 51.9 Å². The Labute approximate surface area is 89.3 Å². The Morgan fingerprint density at radius 3 is 2.53 bits per heavy atom. The second-order valence-corrected chi connectivity index (χ2v) is 4.03. The fraction of sp³-hybridized carbons (Fsp3) is 0.231. The third-order valence-electron chi connectivity index (χ3n) is 2.94. The second kappa shape index (κ2) is 3.46.